The van der Waals surface area contributed by atoms with Gasteiger partial charge >= 0.3 is 6.18 Å². The van der Waals surface area contributed by atoms with E-state index in [2.05, 4.69) is 0 Å². The summed E-state index contributed by atoms with van der Waals surface area (Å²) in [5, 5.41) is 0. The van der Waals surface area contributed by atoms with Crippen molar-refractivity contribution in [1.29, 1.82) is 0 Å². The van der Waals surface area contributed by atoms with Gasteiger partial charge in [-0.25, -0.2) is 4.39 Å². The summed E-state index contributed by atoms with van der Waals surface area (Å²) in [7, 11) is 0. The predicted octanol–water partition coefficient (Wildman–Crippen LogP) is 3.37. The van der Waals surface area contributed by atoms with Crippen LogP contribution in [0, 0.1) is 5.92 Å². The van der Waals surface area contributed by atoms with Crippen LogP contribution in [0.2, 0.25) is 0 Å². The summed E-state index contributed by atoms with van der Waals surface area (Å²) in [6.07, 6.45) is -2.71. The van der Waals surface area contributed by atoms with Gasteiger partial charge in [-0.1, -0.05) is 11.6 Å². The largest absolute Gasteiger partial charge is 0.395 e. The highest BCUT2D eigenvalue weighted by Gasteiger charge is 2.39. The van der Waals surface area contributed by atoms with Crippen LogP contribution in [0.25, 0.3) is 0 Å². The fourth-order valence-electron chi connectivity index (χ4n) is 1.15. The van der Waals surface area contributed by atoms with Crippen LogP contribution < -0.4 is 0 Å². The molecule has 1 unspecified atom stereocenters. The van der Waals surface area contributed by atoms with E-state index < -0.39 is 24.3 Å². The molecule has 0 saturated carbocycles. The third-order valence-corrected chi connectivity index (χ3v) is 1.68. The molecule has 68 valence electrons. The van der Waals surface area contributed by atoms with E-state index >= 15 is 0 Å². The lowest BCUT2D eigenvalue weighted by molar-refractivity contribution is -0.161. The first kappa shape index (κ1) is 9.29. The third kappa shape index (κ3) is 2.09. The minimum Gasteiger partial charge on any atom is -0.212 e. The molecule has 0 amide bonds. The average molecular weight is 180 g/mol. The number of alkyl halides is 3. The molecule has 1 aliphatic rings. The molecule has 0 aromatic heterocycles. The minimum absolute atomic E-state index is 0.334. The van der Waals surface area contributed by atoms with Crippen LogP contribution >= 0.6 is 0 Å². The lowest BCUT2D eigenvalue weighted by Gasteiger charge is -2.19. The molecule has 0 aromatic carbocycles. The smallest absolute Gasteiger partial charge is 0.212 e. The maximum atomic E-state index is 12.5. The Bertz CT molecular complexity index is 234. The van der Waals surface area contributed by atoms with Gasteiger partial charge in [-0.05, 0) is 13.0 Å². The van der Waals surface area contributed by atoms with Gasteiger partial charge in [-0.3, -0.25) is 0 Å². The second-order valence-electron chi connectivity index (χ2n) is 2.85. The highest BCUT2D eigenvalue weighted by Crippen LogP contribution is 2.36. The van der Waals surface area contributed by atoms with Crippen LogP contribution in [-0.4, -0.2) is 6.18 Å². The second-order valence-corrected chi connectivity index (χ2v) is 2.85. The SMILES string of the molecule is CC1=CC(C(F)(F)F)CC(F)=C1. The third-order valence-electron chi connectivity index (χ3n) is 1.68. The van der Waals surface area contributed by atoms with Crippen LogP contribution in [0.3, 0.4) is 0 Å². The van der Waals surface area contributed by atoms with Crippen molar-refractivity contribution < 1.29 is 17.6 Å². The van der Waals surface area contributed by atoms with Crippen LogP contribution in [0.4, 0.5) is 17.6 Å². The highest BCUT2D eigenvalue weighted by molar-refractivity contribution is 5.25. The van der Waals surface area contributed by atoms with Crippen LogP contribution in [0.1, 0.15) is 13.3 Å². The minimum atomic E-state index is -4.33. The van der Waals surface area contributed by atoms with Gasteiger partial charge in [-0.15, -0.1) is 0 Å². The Hall–Kier alpha value is -0.800. The first-order chi connectivity index (χ1) is 5.39. The van der Waals surface area contributed by atoms with Gasteiger partial charge in [0.05, 0.1) is 5.92 Å². The standard InChI is InChI=1S/C8H8F4/c1-5-2-6(8(10,11)12)4-7(9)3-5/h2-3,6H,4H2,1H3. The summed E-state index contributed by atoms with van der Waals surface area (Å²) < 4.78 is 48.7. The van der Waals surface area contributed by atoms with Crippen LogP contribution in [0.15, 0.2) is 23.6 Å². The number of halogens is 4. The molecular formula is C8H8F4. The molecule has 1 aliphatic carbocycles. The van der Waals surface area contributed by atoms with Crippen molar-refractivity contribution in [3.8, 4) is 0 Å². The molecule has 0 aliphatic heterocycles. The molecule has 0 aromatic rings. The number of hydrogen-bond donors (Lipinski definition) is 0. The number of allylic oxidation sites excluding steroid dienone is 4. The Morgan fingerprint density at radius 2 is 2.00 bits per heavy atom. The average Bonchev–Trinajstić information content (AvgIpc) is 1.82. The molecule has 0 fully saturated rings. The molecule has 0 radical (unpaired) electrons. The molecule has 0 N–H and O–H groups in total. The van der Waals surface area contributed by atoms with Gasteiger partial charge in [0.25, 0.3) is 0 Å². The maximum Gasteiger partial charge on any atom is 0.395 e. The molecular weight excluding hydrogens is 172 g/mol. The fraction of sp³-hybridized carbons (Fsp3) is 0.500. The van der Waals surface area contributed by atoms with Crippen molar-refractivity contribution in [1.82, 2.24) is 0 Å². The van der Waals surface area contributed by atoms with Crippen LogP contribution in [0.5, 0.6) is 0 Å². The number of rotatable bonds is 0. The van der Waals surface area contributed by atoms with Gasteiger partial charge in [0.15, 0.2) is 0 Å². The fourth-order valence-corrected chi connectivity index (χ4v) is 1.15. The quantitative estimate of drug-likeness (QED) is 0.501. The second kappa shape index (κ2) is 2.92. The van der Waals surface area contributed by atoms with E-state index in [1.165, 1.54) is 6.92 Å². The first-order valence-corrected chi connectivity index (χ1v) is 3.51. The van der Waals surface area contributed by atoms with Gasteiger partial charge in [0, 0.05) is 6.42 Å². The van der Waals surface area contributed by atoms with E-state index in [4.69, 9.17) is 0 Å². The van der Waals surface area contributed by atoms with Crippen molar-refractivity contribution in [2.45, 2.75) is 19.5 Å². The Morgan fingerprint density at radius 3 is 2.42 bits per heavy atom. The highest BCUT2D eigenvalue weighted by atomic mass is 19.4. The molecule has 0 bridgehead atoms. The first-order valence-electron chi connectivity index (χ1n) is 3.51. The van der Waals surface area contributed by atoms with E-state index in [9.17, 15) is 17.6 Å². The van der Waals surface area contributed by atoms with Gasteiger partial charge in [0.2, 0.25) is 0 Å². The predicted molar refractivity (Wildman–Crippen MR) is 37.1 cm³/mol. The Labute approximate surface area is 67.6 Å². The Balaban J connectivity index is 2.81. The molecule has 4 heteroatoms. The van der Waals surface area contributed by atoms with E-state index in [1.807, 2.05) is 0 Å². The molecule has 1 atom stereocenters. The van der Waals surface area contributed by atoms with Crippen molar-refractivity contribution in [3.05, 3.63) is 23.6 Å². The normalized spacial score (nSPS) is 24.9. The summed E-state index contributed by atoms with van der Waals surface area (Å²) in [5.41, 5.74) is 0.334. The summed E-state index contributed by atoms with van der Waals surface area (Å²) >= 11 is 0. The Kier molecular flexibility index (Phi) is 2.26. The maximum absolute atomic E-state index is 12.5. The Morgan fingerprint density at radius 1 is 1.42 bits per heavy atom. The zero-order valence-electron chi connectivity index (χ0n) is 6.45. The van der Waals surface area contributed by atoms with E-state index in [1.54, 1.807) is 0 Å². The lowest BCUT2D eigenvalue weighted by atomic mass is 9.96. The molecule has 12 heavy (non-hydrogen) atoms. The van der Waals surface area contributed by atoms with Gasteiger partial charge in [0.1, 0.15) is 5.83 Å². The molecule has 0 heterocycles. The number of hydrogen-bond acceptors (Lipinski definition) is 0. The van der Waals surface area contributed by atoms with E-state index in [0.29, 0.717) is 5.57 Å². The summed E-state index contributed by atoms with van der Waals surface area (Å²) in [5.74, 6) is -2.35. The van der Waals surface area contributed by atoms with Crippen LogP contribution in [-0.2, 0) is 0 Å². The van der Waals surface area contributed by atoms with Gasteiger partial charge < -0.3 is 0 Å². The van der Waals surface area contributed by atoms with Crippen molar-refractivity contribution in [2.24, 2.45) is 5.92 Å². The summed E-state index contributed by atoms with van der Waals surface area (Å²) in [4.78, 5) is 0. The van der Waals surface area contributed by atoms with Gasteiger partial charge in [-0.2, -0.15) is 13.2 Å². The molecule has 0 spiro atoms. The monoisotopic (exact) mass is 180 g/mol. The molecule has 1 rings (SSSR count). The van der Waals surface area contributed by atoms with Crippen molar-refractivity contribution in [3.63, 3.8) is 0 Å². The molecule has 0 saturated heterocycles. The lowest BCUT2D eigenvalue weighted by Crippen LogP contribution is -2.22. The van der Waals surface area contributed by atoms with Crippen molar-refractivity contribution >= 4 is 0 Å². The summed E-state index contributed by atoms with van der Waals surface area (Å²) in [6.45, 7) is 1.46. The topological polar surface area (TPSA) is 0 Å². The van der Waals surface area contributed by atoms with E-state index in [0.717, 1.165) is 12.2 Å². The zero-order valence-corrected chi connectivity index (χ0v) is 6.45. The van der Waals surface area contributed by atoms with Crippen molar-refractivity contribution in [2.75, 3.05) is 0 Å². The zero-order chi connectivity index (χ0) is 9.35. The molecule has 0 nitrogen and oxygen atoms in total. The summed E-state index contributed by atoms with van der Waals surface area (Å²) in [6, 6.07) is 0. The van der Waals surface area contributed by atoms with E-state index in [-0.39, 0.29) is 0 Å².